The van der Waals surface area contributed by atoms with E-state index in [2.05, 4.69) is 15.8 Å². The highest BCUT2D eigenvalue weighted by Crippen LogP contribution is 2.27. The topological polar surface area (TPSA) is 93.5 Å². The number of aryl methyl sites for hydroxylation is 1. The van der Waals surface area contributed by atoms with Crippen molar-refractivity contribution < 1.29 is 18.8 Å². The minimum Gasteiger partial charge on any atom is -0.450 e. The molecular formula is C18H23N3O4. The molecule has 1 heterocycles. The van der Waals surface area contributed by atoms with Gasteiger partial charge >= 0.3 is 6.09 Å². The number of hydrogen-bond donors (Lipinski definition) is 2. The van der Waals surface area contributed by atoms with E-state index in [9.17, 15) is 9.59 Å². The van der Waals surface area contributed by atoms with E-state index in [0.717, 1.165) is 5.56 Å². The first-order valence-corrected chi connectivity index (χ1v) is 8.16. The third-order valence-corrected chi connectivity index (χ3v) is 3.73. The highest BCUT2D eigenvalue weighted by atomic mass is 16.5. The Balaban J connectivity index is 2.25. The van der Waals surface area contributed by atoms with Gasteiger partial charge < -0.3 is 14.6 Å². The number of rotatable bonds is 5. The number of benzene rings is 1. The van der Waals surface area contributed by atoms with Gasteiger partial charge in [-0.25, -0.2) is 4.79 Å². The van der Waals surface area contributed by atoms with Crippen LogP contribution in [-0.2, 0) is 4.74 Å². The second-order valence-electron chi connectivity index (χ2n) is 5.94. The SMILES string of the molecule is CCOC(=O)Nc1cccc(NC(=O)c2c(C)noc2C(C)C)c1C. The first kappa shape index (κ1) is 18.5. The molecule has 0 unspecified atom stereocenters. The fourth-order valence-corrected chi connectivity index (χ4v) is 2.43. The van der Waals surface area contributed by atoms with Gasteiger partial charge in [0.05, 0.1) is 12.3 Å². The maximum Gasteiger partial charge on any atom is 0.411 e. The summed E-state index contributed by atoms with van der Waals surface area (Å²) in [4.78, 5) is 24.3. The van der Waals surface area contributed by atoms with Crippen molar-refractivity contribution >= 4 is 23.4 Å². The first-order valence-electron chi connectivity index (χ1n) is 8.16. The molecule has 0 radical (unpaired) electrons. The van der Waals surface area contributed by atoms with Crippen LogP contribution in [0.3, 0.4) is 0 Å². The van der Waals surface area contributed by atoms with Crippen LogP contribution in [0, 0.1) is 13.8 Å². The van der Waals surface area contributed by atoms with Gasteiger partial charge in [0.15, 0.2) is 5.76 Å². The largest absolute Gasteiger partial charge is 0.450 e. The normalized spacial score (nSPS) is 10.6. The monoisotopic (exact) mass is 345 g/mol. The maximum absolute atomic E-state index is 12.7. The highest BCUT2D eigenvalue weighted by Gasteiger charge is 2.23. The third-order valence-electron chi connectivity index (χ3n) is 3.73. The molecular weight excluding hydrogens is 322 g/mol. The van der Waals surface area contributed by atoms with Crippen LogP contribution in [0.5, 0.6) is 0 Å². The van der Waals surface area contributed by atoms with Crippen molar-refractivity contribution in [2.75, 3.05) is 17.2 Å². The zero-order valence-corrected chi connectivity index (χ0v) is 15.1. The summed E-state index contributed by atoms with van der Waals surface area (Å²) in [6.07, 6.45) is -0.536. The first-order chi connectivity index (χ1) is 11.8. The molecule has 0 saturated carbocycles. The standard InChI is InChI=1S/C18H23N3O4/c1-6-24-18(23)20-14-9-7-8-13(11(14)4)19-17(22)15-12(5)21-25-16(15)10(2)3/h7-10H,6H2,1-5H3,(H,19,22)(H,20,23). The summed E-state index contributed by atoms with van der Waals surface area (Å²) < 4.78 is 10.1. The van der Waals surface area contributed by atoms with Crippen LogP contribution in [0.15, 0.2) is 22.7 Å². The number of nitrogens with one attached hydrogen (secondary N) is 2. The summed E-state index contributed by atoms with van der Waals surface area (Å²) in [5.74, 6) is 0.298. The number of amides is 2. The molecule has 0 fully saturated rings. The number of ether oxygens (including phenoxy) is 1. The van der Waals surface area contributed by atoms with Crippen molar-refractivity contribution in [3.63, 3.8) is 0 Å². The van der Waals surface area contributed by atoms with Gasteiger partial charge in [-0.1, -0.05) is 25.1 Å². The second-order valence-corrected chi connectivity index (χ2v) is 5.94. The fraction of sp³-hybridized carbons (Fsp3) is 0.389. The van der Waals surface area contributed by atoms with Crippen LogP contribution >= 0.6 is 0 Å². The van der Waals surface area contributed by atoms with Gasteiger partial charge in [0.1, 0.15) is 5.56 Å². The molecule has 0 saturated heterocycles. The van der Waals surface area contributed by atoms with E-state index in [-0.39, 0.29) is 18.4 Å². The molecule has 2 rings (SSSR count). The van der Waals surface area contributed by atoms with Crippen LogP contribution in [0.25, 0.3) is 0 Å². The van der Waals surface area contributed by atoms with Crippen LogP contribution < -0.4 is 10.6 Å². The molecule has 1 aromatic carbocycles. The van der Waals surface area contributed by atoms with Crippen molar-refractivity contribution in [2.45, 2.75) is 40.5 Å². The summed E-state index contributed by atoms with van der Waals surface area (Å²) in [6, 6.07) is 5.25. The number of aromatic nitrogens is 1. The number of hydrogen-bond acceptors (Lipinski definition) is 5. The lowest BCUT2D eigenvalue weighted by Crippen LogP contribution is -2.17. The third kappa shape index (κ3) is 4.17. The summed E-state index contributed by atoms with van der Waals surface area (Å²) >= 11 is 0. The molecule has 0 aliphatic carbocycles. The van der Waals surface area contributed by atoms with Crippen molar-refractivity contribution in [1.29, 1.82) is 0 Å². The predicted octanol–water partition coefficient (Wildman–Crippen LogP) is 4.24. The van der Waals surface area contributed by atoms with Gasteiger partial charge in [-0.05, 0) is 38.5 Å². The quantitative estimate of drug-likeness (QED) is 0.845. The van der Waals surface area contributed by atoms with E-state index in [4.69, 9.17) is 9.26 Å². The average Bonchev–Trinajstić information content (AvgIpc) is 2.93. The van der Waals surface area contributed by atoms with E-state index in [1.54, 1.807) is 39.0 Å². The summed E-state index contributed by atoms with van der Waals surface area (Å²) in [7, 11) is 0. The molecule has 134 valence electrons. The summed E-state index contributed by atoms with van der Waals surface area (Å²) in [5, 5.41) is 9.41. The van der Waals surface area contributed by atoms with Crippen LogP contribution in [-0.4, -0.2) is 23.8 Å². The van der Waals surface area contributed by atoms with Crippen molar-refractivity contribution in [2.24, 2.45) is 0 Å². The molecule has 0 aliphatic heterocycles. The Morgan fingerprint density at radius 3 is 2.44 bits per heavy atom. The van der Waals surface area contributed by atoms with Crippen LogP contribution in [0.1, 0.15) is 54.1 Å². The van der Waals surface area contributed by atoms with Crippen molar-refractivity contribution in [1.82, 2.24) is 5.16 Å². The Bertz CT molecular complexity index is 781. The van der Waals surface area contributed by atoms with Gasteiger partial charge in [0, 0.05) is 17.3 Å². The Kier molecular flexibility index (Phi) is 5.80. The highest BCUT2D eigenvalue weighted by molar-refractivity contribution is 6.06. The van der Waals surface area contributed by atoms with E-state index in [1.807, 2.05) is 13.8 Å². The smallest absolute Gasteiger partial charge is 0.411 e. The molecule has 25 heavy (non-hydrogen) atoms. The molecule has 1 aromatic heterocycles. The molecule has 7 nitrogen and oxygen atoms in total. The average molecular weight is 345 g/mol. The Morgan fingerprint density at radius 2 is 1.84 bits per heavy atom. The summed E-state index contributed by atoms with van der Waals surface area (Å²) in [6.45, 7) is 9.43. The molecule has 7 heteroatoms. The van der Waals surface area contributed by atoms with Gasteiger partial charge in [-0.3, -0.25) is 10.1 Å². The Labute approximate surface area is 146 Å². The van der Waals surface area contributed by atoms with E-state index < -0.39 is 6.09 Å². The minimum atomic E-state index is -0.536. The van der Waals surface area contributed by atoms with E-state index >= 15 is 0 Å². The second kappa shape index (κ2) is 7.83. The number of anilines is 2. The Morgan fingerprint density at radius 1 is 1.20 bits per heavy atom. The lowest BCUT2D eigenvalue weighted by molar-refractivity contribution is 0.102. The van der Waals surface area contributed by atoms with Crippen LogP contribution in [0.2, 0.25) is 0 Å². The number of nitrogens with zero attached hydrogens (tertiary/aromatic N) is 1. The van der Waals surface area contributed by atoms with Gasteiger partial charge in [-0.15, -0.1) is 0 Å². The zero-order valence-electron chi connectivity index (χ0n) is 15.1. The lowest BCUT2D eigenvalue weighted by atomic mass is 10.0. The molecule has 0 spiro atoms. The molecule has 2 aromatic rings. The fourth-order valence-electron chi connectivity index (χ4n) is 2.43. The molecule has 2 amide bonds. The van der Waals surface area contributed by atoms with E-state index in [0.29, 0.717) is 28.4 Å². The van der Waals surface area contributed by atoms with Gasteiger partial charge in [0.25, 0.3) is 5.91 Å². The van der Waals surface area contributed by atoms with Gasteiger partial charge in [-0.2, -0.15) is 0 Å². The van der Waals surface area contributed by atoms with Crippen LogP contribution in [0.4, 0.5) is 16.2 Å². The summed E-state index contributed by atoms with van der Waals surface area (Å²) in [5.41, 5.74) is 2.87. The zero-order chi connectivity index (χ0) is 18.6. The Hall–Kier alpha value is -2.83. The lowest BCUT2D eigenvalue weighted by Gasteiger charge is -2.13. The minimum absolute atomic E-state index is 0.0415. The van der Waals surface area contributed by atoms with Crippen molar-refractivity contribution in [3.05, 3.63) is 40.8 Å². The van der Waals surface area contributed by atoms with E-state index in [1.165, 1.54) is 0 Å². The maximum atomic E-state index is 12.7. The number of carbonyl (C=O) groups is 2. The molecule has 2 N–H and O–H groups in total. The molecule has 0 aliphatic rings. The number of carbonyl (C=O) groups excluding carboxylic acids is 2. The predicted molar refractivity (Wildman–Crippen MR) is 95.1 cm³/mol. The molecule has 0 bridgehead atoms. The molecule has 0 atom stereocenters. The van der Waals surface area contributed by atoms with Gasteiger partial charge in [0.2, 0.25) is 0 Å². The van der Waals surface area contributed by atoms with Crippen molar-refractivity contribution in [3.8, 4) is 0 Å².